The second kappa shape index (κ2) is 7.37. The lowest BCUT2D eigenvalue weighted by Crippen LogP contribution is -2.34. The van der Waals surface area contributed by atoms with Crippen LogP contribution >= 0.6 is 12.4 Å². The molecule has 0 amide bonds. The van der Waals surface area contributed by atoms with Crippen molar-refractivity contribution in [3.05, 3.63) is 54.1 Å². The Labute approximate surface area is 150 Å². The number of piperidine rings is 1. The van der Waals surface area contributed by atoms with E-state index < -0.39 is 11.6 Å². The number of nitrogens with one attached hydrogen (secondary N) is 1. The molecule has 4 rings (SSSR count). The number of benzene rings is 2. The van der Waals surface area contributed by atoms with Gasteiger partial charge in [0.05, 0.1) is 10.9 Å². The van der Waals surface area contributed by atoms with Crippen LogP contribution in [0.4, 0.5) is 8.78 Å². The molecule has 2 aromatic carbocycles. The summed E-state index contributed by atoms with van der Waals surface area (Å²) < 4.78 is 35.9. The van der Waals surface area contributed by atoms with E-state index in [1.165, 1.54) is 16.8 Å². The second-order valence-corrected chi connectivity index (χ2v) is 5.87. The highest BCUT2D eigenvalue weighted by Gasteiger charge is 2.22. The molecule has 132 valence electrons. The first-order valence-electron chi connectivity index (χ1n) is 8.03. The quantitative estimate of drug-likeness (QED) is 0.766. The van der Waals surface area contributed by atoms with Gasteiger partial charge >= 0.3 is 0 Å². The Kier molecular flexibility index (Phi) is 5.20. The van der Waals surface area contributed by atoms with Crippen molar-refractivity contribution >= 4 is 23.3 Å². The van der Waals surface area contributed by atoms with Gasteiger partial charge in [0, 0.05) is 0 Å². The Balaban J connectivity index is 0.00000182. The zero-order valence-electron chi connectivity index (χ0n) is 13.4. The van der Waals surface area contributed by atoms with Gasteiger partial charge in [-0.2, -0.15) is 0 Å². The lowest BCUT2D eigenvalue weighted by atomic mass is 10.1. The van der Waals surface area contributed by atoms with Crippen LogP contribution in [0.5, 0.6) is 5.88 Å². The van der Waals surface area contributed by atoms with Crippen LogP contribution in [0.15, 0.2) is 42.5 Å². The summed E-state index contributed by atoms with van der Waals surface area (Å²) >= 11 is 0. The minimum Gasteiger partial charge on any atom is -0.473 e. The van der Waals surface area contributed by atoms with Gasteiger partial charge in [-0.3, -0.25) is 0 Å². The van der Waals surface area contributed by atoms with Gasteiger partial charge in [-0.1, -0.05) is 18.2 Å². The number of para-hydroxylation sites is 1. The van der Waals surface area contributed by atoms with Gasteiger partial charge in [0.25, 0.3) is 0 Å². The van der Waals surface area contributed by atoms with E-state index >= 15 is 0 Å². The number of halogens is 3. The SMILES string of the molecule is Cl.Fc1ccccc1-n1nc(OC2CCNCC2)c2c(F)cccc21. The van der Waals surface area contributed by atoms with Crippen LogP contribution in [-0.4, -0.2) is 29.0 Å². The van der Waals surface area contributed by atoms with Crippen molar-refractivity contribution in [2.75, 3.05) is 13.1 Å². The summed E-state index contributed by atoms with van der Waals surface area (Å²) in [5, 5.41) is 7.92. The number of rotatable bonds is 3. The maximum Gasteiger partial charge on any atom is 0.244 e. The standard InChI is InChI=1S/C18H17F2N3O.ClH/c19-13-4-1-2-6-15(13)23-16-7-3-5-14(20)17(16)18(22-23)24-12-8-10-21-11-9-12;/h1-7,12,21H,8-11H2;1H. The van der Waals surface area contributed by atoms with E-state index in [0.717, 1.165) is 25.9 Å². The molecule has 0 spiro atoms. The number of hydrogen-bond acceptors (Lipinski definition) is 3. The second-order valence-electron chi connectivity index (χ2n) is 5.87. The molecule has 2 heterocycles. The smallest absolute Gasteiger partial charge is 0.244 e. The number of fused-ring (bicyclic) bond motifs is 1. The molecule has 0 atom stereocenters. The molecule has 0 unspecified atom stereocenters. The number of hydrogen-bond donors (Lipinski definition) is 1. The first-order chi connectivity index (χ1) is 11.7. The van der Waals surface area contributed by atoms with Crippen molar-refractivity contribution in [2.45, 2.75) is 18.9 Å². The van der Waals surface area contributed by atoms with Crippen LogP contribution in [0.25, 0.3) is 16.6 Å². The predicted molar refractivity (Wildman–Crippen MR) is 94.8 cm³/mol. The topological polar surface area (TPSA) is 39.1 Å². The average Bonchev–Trinajstić information content (AvgIpc) is 2.96. The minimum atomic E-state index is -0.418. The Morgan fingerprint density at radius 1 is 1.00 bits per heavy atom. The largest absolute Gasteiger partial charge is 0.473 e. The molecule has 1 aromatic heterocycles. The van der Waals surface area contributed by atoms with Gasteiger partial charge in [0.2, 0.25) is 5.88 Å². The highest BCUT2D eigenvalue weighted by Crippen LogP contribution is 2.31. The van der Waals surface area contributed by atoms with Gasteiger partial charge in [-0.25, -0.2) is 13.5 Å². The number of ether oxygens (including phenoxy) is 1. The van der Waals surface area contributed by atoms with E-state index in [9.17, 15) is 8.78 Å². The summed E-state index contributed by atoms with van der Waals surface area (Å²) in [5.74, 6) is -0.614. The third kappa shape index (κ3) is 3.32. The molecule has 4 nitrogen and oxygen atoms in total. The van der Waals surface area contributed by atoms with Gasteiger partial charge in [0.15, 0.2) is 0 Å². The molecule has 0 saturated carbocycles. The molecule has 7 heteroatoms. The van der Waals surface area contributed by atoms with Gasteiger partial charge in [-0.05, 0) is 50.2 Å². The van der Waals surface area contributed by atoms with Crippen LogP contribution in [0.2, 0.25) is 0 Å². The molecule has 1 aliphatic rings. The van der Waals surface area contributed by atoms with Crippen molar-refractivity contribution in [3.63, 3.8) is 0 Å². The van der Waals surface area contributed by atoms with E-state index in [4.69, 9.17) is 4.74 Å². The van der Waals surface area contributed by atoms with E-state index in [1.54, 1.807) is 30.3 Å². The Morgan fingerprint density at radius 2 is 1.72 bits per heavy atom. The zero-order chi connectivity index (χ0) is 16.5. The lowest BCUT2D eigenvalue weighted by molar-refractivity contribution is 0.157. The lowest BCUT2D eigenvalue weighted by Gasteiger charge is -2.22. The van der Waals surface area contributed by atoms with Gasteiger partial charge in [0.1, 0.15) is 23.4 Å². The molecule has 1 saturated heterocycles. The fourth-order valence-electron chi connectivity index (χ4n) is 3.06. The molecule has 0 radical (unpaired) electrons. The van der Waals surface area contributed by atoms with Crippen LogP contribution in [0.3, 0.4) is 0 Å². The first-order valence-corrected chi connectivity index (χ1v) is 8.03. The molecule has 1 N–H and O–H groups in total. The summed E-state index contributed by atoms with van der Waals surface area (Å²) in [6, 6.07) is 11.0. The fourth-order valence-corrected chi connectivity index (χ4v) is 3.06. The third-order valence-corrected chi connectivity index (χ3v) is 4.27. The Morgan fingerprint density at radius 3 is 2.48 bits per heavy atom. The molecular formula is C18H18ClF2N3O. The predicted octanol–water partition coefficient (Wildman–Crippen LogP) is 3.86. The van der Waals surface area contributed by atoms with E-state index in [2.05, 4.69) is 10.4 Å². The zero-order valence-corrected chi connectivity index (χ0v) is 14.2. The Bertz CT molecular complexity index is 878. The molecule has 3 aromatic rings. The molecule has 0 aliphatic carbocycles. The Hall–Kier alpha value is -2.18. The van der Waals surface area contributed by atoms with Crippen molar-refractivity contribution < 1.29 is 13.5 Å². The highest BCUT2D eigenvalue weighted by molar-refractivity contribution is 5.86. The van der Waals surface area contributed by atoms with Gasteiger partial charge in [-0.15, -0.1) is 17.5 Å². The van der Waals surface area contributed by atoms with E-state index in [0.29, 0.717) is 10.9 Å². The highest BCUT2D eigenvalue weighted by atomic mass is 35.5. The van der Waals surface area contributed by atoms with Crippen molar-refractivity contribution in [2.24, 2.45) is 0 Å². The van der Waals surface area contributed by atoms with Crippen molar-refractivity contribution in [1.29, 1.82) is 0 Å². The molecular weight excluding hydrogens is 348 g/mol. The molecule has 0 bridgehead atoms. The fraction of sp³-hybridized carbons (Fsp3) is 0.278. The summed E-state index contributed by atoms with van der Waals surface area (Å²) in [4.78, 5) is 0. The van der Waals surface area contributed by atoms with Gasteiger partial charge < -0.3 is 10.1 Å². The van der Waals surface area contributed by atoms with Crippen LogP contribution in [0, 0.1) is 11.6 Å². The minimum absolute atomic E-state index is 0. The summed E-state index contributed by atoms with van der Waals surface area (Å²) in [6.07, 6.45) is 1.66. The summed E-state index contributed by atoms with van der Waals surface area (Å²) in [5.41, 5.74) is 0.761. The number of aromatic nitrogens is 2. The molecule has 1 fully saturated rings. The normalized spacial score (nSPS) is 15.1. The third-order valence-electron chi connectivity index (χ3n) is 4.27. The maximum absolute atomic E-state index is 14.4. The van der Waals surface area contributed by atoms with Crippen LogP contribution < -0.4 is 10.1 Å². The van der Waals surface area contributed by atoms with Crippen LogP contribution in [-0.2, 0) is 0 Å². The molecule has 1 aliphatic heterocycles. The molecule has 25 heavy (non-hydrogen) atoms. The van der Waals surface area contributed by atoms with E-state index in [-0.39, 0.29) is 30.1 Å². The maximum atomic E-state index is 14.4. The van der Waals surface area contributed by atoms with Crippen LogP contribution in [0.1, 0.15) is 12.8 Å². The summed E-state index contributed by atoms with van der Waals surface area (Å²) in [6.45, 7) is 1.72. The summed E-state index contributed by atoms with van der Waals surface area (Å²) in [7, 11) is 0. The average molecular weight is 366 g/mol. The van der Waals surface area contributed by atoms with E-state index in [1.807, 2.05) is 0 Å². The first kappa shape index (κ1) is 17.6. The monoisotopic (exact) mass is 365 g/mol. The number of nitrogens with zero attached hydrogens (tertiary/aromatic N) is 2. The van der Waals surface area contributed by atoms with Crippen molar-refractivity contribution in [3.8, 4) is 11.6 Å². The van der Waals surface area contributed by atoms with Crippen molar-refractivity contribution in [1.82, 2.24) is 15.1 Å².